The van der Waals surface area contributed by atoms with Crippen molar-refractivity contribution < 1.29 is 14.3 Å². The molecule has 0 aliphatic carbocycles. The normalized spacial score (nSPS) is 22.0. The summed E-state index contributed by atoms with van der Waals surface area (Å²) in [6, 6.07) is 12.0. The van der Waals surface area contributed by atoms with Crippen molar-refractivity contribution in [1.29, 1.82) is 0 Å². The van der Waals surface area contributed by atoms with Gasteiger partial charge in [-0.2, -0.15) is 0 Å². The maximum atomic E-state index is 13.6. The molecule has 1 aromatic carbocycles. The van der Waals surface area contributed by atoms with Crippen molar-refractivity contribution in [3.63, 3.8) is 0 Å². The number of nitrogens with zero attached hydrogens (tertiary/aromatic N) is 3. The van der Waals surface area contributed by atoms with Crippen LogP contribution in [0.5, 0.6) is 11.5 Å². The Labute approximate surface area is 178 Å². The molecular formula is C24H31N3O3. The van der Waals surface area contributed by atoms with E-state index in [1.54, 1.807) is 14.2 Å². The van der Waals surface area contributed by atoms with Crippen molar-refractivity contribution in [2.75, 3.05) is 33.9 Å². The summed E-state index contributed by atoms with van der Waals surface area (Å²) >= 11 is 0. The zero-order chi connectivity index (χ0) is 21.1. The second kappa shape index (κ2) is 8.64. The van der Waals surface area contributed by atoms with Gasteiger partial charge in [0.1, 0.15) is 0 Å². The summed E-state index contributed by atoms with van der Waals surface area (Å²) in [6.45, 7) is 5.93. The van der Waals surface area contributed by atoms with Crippen molar-refractivity contribution in [2.24, 2.45) is 5.41 Å². The number of aryl methyl sites for hydroxylation is 1. The van der Waals surface area contributed by atoms with Crippen molar-refractivity contribution in [3.8, 4) is 11.5 Å². The van der Waals surface area contributed by atoms with Gasteiger partial charge in [-0.25, -0.2) is 0 Å². The SMILES string of the molecule is COc1cccc(CN2CCC[C@@]3(CCN(Cc4cccc(C)n4)C3)C2=O)c1OC. The third-order valence-corrected chi connectivity index (χ3v) is 6.43. The number of para-hydroxylation sites is 1. The zero-order valence-electron chi connectivity index (χ0n) is 18.2. The molecule has 0 bridgehead atoms. The minimum atomic E-state index is -0.270. The second-order valence-electron chi connectivity index (χ2n) is 8.49. The molecule has 6 nitrogen and oxygen atoms in total. The molecule has 0 radical (unpaired) electrons. The number of pyridine rings is 1. The summed E-state index contributed by atoms with van der Waals surface area (Å²) in [7, 11) is 3.29. The second-order valence-corrected chi connectivity index (χ2v) is 8.49. The Kier molecular flexibility index (Phi) is 5.95. The van der Waals surface area contributed by atoms with E-state index >= 15 is 0 Å². The lowest BCUT2D eigenvalue weighted by Crippen LogP contribution is -2.49. The minimum Gasteiger partial charge on any atom is -0.493 e. The van der Waals surface area contributed by atoms with Gasteiger partial charge in [-0.15, -0.1) is 0 Å². The predicted molar refractivity (Wildman–Crippen MR) is 115 cm³/mol. The van der Waals surface area contributed by atoms with E-state index in [0.29, 0.717) is 18.0 Å². The van der Waals surface area contributed by atoms with Crippen LogP contribution in [0.2, 0.25) is 0 Å². The first-order chi connectivity index (χ1) is 14.5. The average Bonchev–Trinajstić information content (AvgIpc) is 3.14. The first kappa shape index (κ1) is 20.7. The Morgan fingerprint density at radius 2 is 1.87 bits per heavy atom. The van der Waals surface area contributed by atoms with Gasteiger partial charge in [0, 0.05) is 37.4 Å². The average molecular weight is 410 g/mol. The minimum absolute atomic E-state index is 0.270. The molecule has 2 aliphatic rings. The molecule has 0 saturated carbocycles. The van der Waals surface area contributed by atoms with Crippen LogP contribution in [0.4, 0.5) is 0 Å². The summed E-state index contributed by atoms with van der Waals surface area (Å²) in [6.07, 6.45) is 2.92. The van der Waals surface area contributed by atoms with E-state index in [9.17, 15) is 4.79 Å². The predicted octanol–water partition coefficient (Wildman–Crippen LogP) is 3.42. The fourth-order valence-electron chi connectivity index (χ4n) is 4.98. The van der Waals surface area contributed by atoms with E-state index in [-0.39, 0.29) is 11.3 Å². The Hall–Kier alpha value is -2.60. The zero-order valence-corrected chi connectivity index (χ0v) is 18.2. The van der Waals surface area contributed by atoms with Crippen molar-refractivity contribution in [2.45, 2.75) is 39.3 Å². The van der Waals surface area contributed by atoms with Gasteiger partial charge in [0.05, 0.1) is 25.3 Å². The molecule has 2 fully saturated rings. The standard InChI is InChI=1S/C24H31N3O3/c1-18-7-4-9-20(25-18)16-26-14-12-24(17-26)11-6-13-27(23(24)28)15-19-8-5-10-21(29-2)22(19)30-3/h4-5,7-10H,6,11-17H2,1-3H3/t24-/m0/s1. The molecule has 0 N–H and O–H groups in total. The van der Waals surface area contributed by atoms with Crippen LogP contribution in [0.25, 0.3) is 0 Å². The number of hydrogen-bond acceptors (Lipinski definition) is 5. The van der Waals surface area contributed by atoms with Crippen LogP contribution in [-0.2, 0) is 17.9 Å². The lowest BCUT2D eigenvalue weighted by molar-refractivity contribution is -0.146. The summed E-state index contributed by atoms with van der Waals surface area (Å²) in [5.74, 6) is 1.69. The molecule has 1 amide bonds. The van der Waals surface area contributed by atoms with Gasteiger partial charge in [0.15, 0.2) is 11.5 Å². The number of aromatic nitrogens is 1. The summed E-state index contributed by atoms with van der Waals surface area (Å²) in [5, 5.41) is 0. The maximum Gasteiger partial charge on any atom is 0.230 e. The molecule has 6 heteroatoms. The Balaban J connectivity index is 1.47. The molecule has 4 rings (SSSR count). The quantitative estimate of drug-likeness (QED) is 0.732. The Morgan fingerprint density at radius 3 is 2.63 bits per heavy atom. The van der Waals surface area contributed by atoms with E-state index in [0.717, 1.165) is 62.4 Å². The van der Waals surface area contributed by atoms with Crippen molar-refractivity contribution in [3.05, 3.63) is 53.3 Å². The fourth-order valence-corrected chi connectivity index (χ4v) is 4.98. The van der Waals surface area contributed by atoms with Crippen molar-refractivity contribution >= 4 is 5.91 Å². The van der Waals surface area contributed by atoms with Crippen LogP contribution in [0.1, 0.15) is 36.2 Å². The molecule has 160 valence electrons. The number of methoxy groups -OCH3 is 2. The molecule has 1 aromatic heterocycles. The van der Waals surface area contributed by atoms with E-state index in [4.69, 9.17) is 9.47 Å². The first-order valence-corrected chi connectivity index (χ1v) is 10.7. The topological polar surface area (TPSA) is 54.9 Å². The van der Waals surface area contributed by atoms with Crippen molar-refractivity contribution in [1.82, 2.24) is 14.8 Å². The monoisotopic (exact) mass is 409 g/mol. The summed E-state index contributed by atoms with van der Waals surface area (Å²) in [5.41, 5.74) is 2.83. The molecular weight excluding hydrogens is 378 g/mol. The number of hydrogen-bond donors (Lipinski definition) is 0. The third kappa shape index (κ3) is 4.01. The largest absolute Gasteiger partial charge is 0.493 e. The number of ether oxygens (including phenoxy) is 2. The molecule has 2 aliphatic heterocycles. The van der Waals surface area contributed by atoms with Gasteiger partial charge < -0.3 is 14.4 Å². The highest BCUT2D eigenvalue weighted by molar-refractivity contribution is 5.84. The molecule has 0 unspecified atom stereocenters. The number of amides is 1. The van der Waals surface area contributed by atoms with Crippen LogP contribution in [0, 0.1) is 12.3 Å². The van der Waals surface area contributed by atoms with E-state index in [2.05, 4.69) is 22.0 Å². The smallest absolute Gasteiger partial charge is 0.230 e. The maximum absolute atomic E-state index is 13.6. The number of carbonyl (C=O) groups is 1. The lowest BCUT2D eigenvalue weighted by Gasteiger charge is -2.39. The van der Waals surface area contributed by atoms with Gasteiger partial charge in [-0.1, -0.05) is 18.2 Å². The lowest BCUT2D eigenvalue weighted by atomic mass is 9.78. The van der Waals surface area contributed by atoms with Crippen LogP contribution in [0.15, 0.2) is 36.4 Å². The third-order valence-electron chi connectivity index (χ3n) is 6.43. The molecule has 1 atom stereocenters. The number of carbonyl (C=O) groups excluding carboxylic acids is 1. The van der Waals surface area contributed by atoms with Crippen LogP contribution < -0.4 is 9.47 Å². The van der Waals surface area contributed by atoms with Gasteiger partial charge in [0.2, 0.25) is 5.91 Å². The number of piperidine rings is 1. The van der Waals surface area contributed by atoms with E-state index in [1.807, 2.05) is 36.1 Å². The summed E-state index contributed by atoms with van der Waals surface area (Å²) in [4.78, 5) is 22.6. The molecule has 1 spiro atoms. The highest BCUT2D eigenvalue weighted by Gasteiger charge is 2.48. The van der Waals surface area contributed by atoms with Gasteiger partial charge >= 0.3 is 0 Å². The molecule has 2 aromatic rings. The highest BCUT2D eigenvalue weighted by Crippen LogP contribution is 2.41. The van der Waals surface area contributed by atoms with Gasteiger partial charge in [-0.05, 0) is 50.9 Å². The molecule has 30 heavy (non-hydrogen) atoms. The molecule has 2 saturated heterocycles. The Morgan fingerprint density at radius 1 is 1.03 bits per heavy atom. The number of benzene rings is 1. The molecule has 3 heterocycles. The first-order valence-electron chi connectivity index (χ1n) is 10.7. The van der Waals surface area contributed by atoms with Gasteiger partial charge in [0.25, 0.3) is 0 Å². The van der Waals surface area contributed by atoms with Crippen LogP contribution in [-0.4, -0.2) is 54.5 Å². The Bertz CT molecular complexity index is 916. The van der Waals surface area contributed by atoms with Crippen LogP contribution >= 0.6 is 0 Å². The number of likely N-dealkylation sites (tertiary alicyclic amines) is 2. The highest BCUT2D eigenvalue weighted by atomic mass is 16.5. The number of rotatable bonds is 6. The van der Waals surface area contributed by atoms with E-state index in [1.165, 1.54) is 0 Å². The fraction of sp³-hybridized carbons (Fsp3) is 0.500. The summed E-state index contributed by atoms with van der Waals surface area (Å²) < 4.78 is 11.0. The van der Waals surface area contributed by atoms with Gasteiger partial charge in [-0.3, -0.25) is 14.7 Å². The van der Waals surface area contributed by atoms with Crippen LogP contribution in [0.3, 0.4) is 0 Å². The van der Waals surface area contributed by atoms with E-state index < -0.39 is 0 Å².